The Morgan fingerprint density at radius 3 is 2.58 bits per heavy atom. The molecule has 0 bridgehead atoms. The van der Waals surface area contributed by atoms with Crippen LogP contribution in [0.3, 0.4) is 0 Å². The van der Waals surface area contributed by atoms with Gasteiger partial charge >= 0.3 is 0 Å². The van der Waals surface area contributed by atoms with Crippen LogP contribution < -0.4 is 0 Å². The van der Waals surface area contributed by atoms with Gasteiger partial charge in [-0.2, -0.15) is 0 Å². The normalized spacial score (nSPS) is 29.1. The maximum absolute atomic E-state index is 9.24. The van der Waals surface area contributed by atoms with E-state index in [9.17, 15) is 5.11 Å². The Balaban J connectivity index is 2.11. The van der Waals surface area contributed by atoms with Crippen LogP contribution in [0.5, 0.6) is 0 Å². The lowest BCUT2D eigenvalue weighted by Crippen LogP contribution is -2.02. The Bertz CT molecular complexity index is 245. The van der Waals surface area contributed by atoms with E-state index in [4.69, 9.17) is 4.74 Å². The topological polar surface area (TPSA) is 29.5 Å². The van der Waals surface area contributed by atoms with E-state index in [1.54, 1.807) is 0 Å². The fourth-order valence-corrected chi connectivity index (χ4v) is 1.51. The molecule has 0 radical (unpaired) electrons. The molecule has 2 atom stereocenters. The zero-order valence-electron chi connectivity index (χ0n) is 6.81. The smallest absolute Gasteiger partial charge is 0.0851 e. The monoisotopic (exact) mass is 164 g/mol. The van der Waals surface area contributed by atoms with E-state index in [2.05, 4.69) is 0 Å². The molecule has 1 aliphatic rings. The Morgan fingerprint density at radius 1 is 1.25 bits per heavy atom. The van der Waals surface area contributed by atoms with E-state index in [-0.39, 0.29) is 12.2 Å². The lowest BCUT2D eigenvalue weighted by atomic mass is 10.1. The Morgan fingerprint density at radius 2 is 2.00 bits per heavy atom. The molecule has 1 saturated heterocycles. The summed E-state index contributed by atoms with van der Waals surface area (Å²) in [5, 5.41) is 9.24. The van der Waals surface area contributed by atoms with Crippen molar-refractivity contribution in [2.45, 2.75) is 18.6 Å². The lowest BCUT2D eigenvalue weighted by molar-refractivity contribution is 0.0888. The molecular weight excluding hydrogens is 152 g/mol. The average Bonchev–Trinajstić information content (AvgIpc) is 2.54. The number of aliphatic hydroxyl groups excluding tert-OH is 1. The summed E-state index contributed by atoms with van der Waals surface area (Å²) in [6, 6.07) is 10.0. The van der Waals surface area contributed by atoms with E-state index < -0.39 is 0 Å². The SMILES string of the molecule is O[C@@H]1CO[C@@H](c2ccccc2)C1. The third kappa shape index (κ3) is 1.49. The predicted octanol–water partition coefficient (Wildman–Crippen LogP) is 1.51. The highest BCUT2D eigenvalue weighted by Gasteiger charge is 2.24. The van der Waals surface area contributed by atoms with Crippen molar-refractivity contribution < 1.29 is 9.84 Å². The molecule has 0 unspecified atom stereocenters. The molecule has 1 aliphatic heterocycles. The van der Waals surface area contributed by atoms with Crippen molar-refractivity contribution in [3.8, 4) is 0 Å². The second kappa shape index (κ2) is 3.25. The molecular formula is C10H12O2. The number of benzene rings is 1. The van der Waals surface area contributed by atoms with Crippen molar-refractivity contribution in [2.24, 2.45) is 0 Å². The summed E-state index contributed by atoms with van der Waals surface area (Å²) in [6.07, 6.45) is 0.542. The molecule has 1 fully saturated rings. The van der Waals surface area contributed by atoms with E-state index >= 15 is 0 Å². The molecule has 2 rings (SSSR count). The van der Waals surface area contributed by atoms with Gasteiger partial charge in [0.2, 0.25) is 0 Å². The summed E-state index contributed by atoms with van der Waals surface area (Å²) in [4.78, 5) is 0. The molecule has 0 amide bonds. The molecule has 0 aromatic heterocycles. The highest BCUT2D eigenvalue weighted by atomic mass is 16.5. The Kier molecular flexibility index (Phi) is 2.11. The number of hydrogen-bond donors (Lipinski definition) is 1. The zero-order chi connectivity index (χ0) is 8.39. The van der Waals surface area contributed by atoms with Gasteiger partial charge in [-0.3, -0.25) is 0 Å². The van der Waals surface area contributed by atoms with Gasteiger partial charge in [0.25, 0.3) is 0 Å². The fourth-order valence-electron chi connectivity index (χ4n) is 1.51. The standard InChI is InChI=1S/C10H12O2/c11-9-6-10(12-7-9)8-4-2-1-3-5-8/h1-5,9-11H,6-7H2/t9-,10+/m0/s1. The third-order valence-corrected chi connectivity index (χ3v) is 2.15. The van der Waals surface area contributed by atoms with Crippen LogP contribution in [0.4, 0.5) is 0 Å². The van der Waals surface area contributed by atoms with Crippen LogP contribution in [-0.4, -0.2) is 17.8 Å². The lowest BCUT2D eigenvalue weighted by Gasteiger charge is -2.07. The van der Waals surface area contributed by atoms with Crippen LogP contribution in [0.2, 0.25) is 0 Å². The zero-order valence-corrected chi connectivity index (χ0v) is 6.81. The van der Waals surface area contributed by atoms with Gasteiger partial charge in [0.1, 0.15) is 0 Å². The van der Waals surface area contributed by atoms with Gasteiger partial charge in [-0.1, -0.05) is 30.3 Å². The minimum absolute atomic E-state index is 0.0983. The molecule has 1 heterocycles. The van der Waals surface area contributed by atoms with Crippen LogP contribution >= 0.6 is 0 Å². The van der Waals surface area contributed by atoms with E-state index in [1.807, 2.05) is 30.3 Å². The maximum atomic E-state index is 9.24. The minimum atomic E-state index is -0.282. The highest BCUT2D eigenvalue weighted by Crippen LogP contribution is 2.28. The molecule has 1 aromatic rings. The van der Waals surface area contributed by atoms with E-state index in [0.717, 1.165) is 12.0 Å². The maximum Gasteiger partial charge on any atom is 0.0851 e. The van der Waals surface area contributed by atoms with Gasteiger partial charge in [0.05, 0.1) is 18.8 Å². The summed E-state index contributed by atoms with van der Waals surface area (Å²) < 4.78 is 5.40. The second-order valence-electron chi connectivity index (χ2n) is 3.12. The molecule has 0 aliphatic carbocycles. The summed E-state index contributed by atoms with van der Waals surface area (Å²) in [7, 11) is 0. The Hall–Kier alpha value is -0.860. The van der Waals surface area contributed by atoms with Crippen LogP contribution in [-0.2, 0) is 4.74 Å². The predicted molar refractivity (Wildman–Crippen MR) is 45.8 cm³/mol. The van der Waals surface area contributed by atoms with Crippen LogP contribution in [0.1, 0.15) is 18.1 Å². The third-order valence-electron chi connectivity index (χ3n) is 2.15. The minimum Gasteiger partial charge on any atom is -0.391 e. The average molecular weight is 164 g/mol. The van der Waals surface area contributed by atoms with Crippen LogP contribution in [0, 0.1) is 0 Å². The van der Waals surface area contributed by atoms with E-state index in [1.165, 1.54) is 0 Å². The summed E-state index contributed by atoms with van der Waals surface area (Å²) in [5.41, 5.74) is 1.16. The second-order valence-corrected chi connectivity index (χ2v) is 3.12. The largest absolute Gasteiger partial charge is 0.391 e. The summed E-state index contributed by atoms with van der Waals surface area (Å²) >= 11 is 0. The quantitative estimate of drug-likeness (QED) is 0.681. The van der Waals surface area contributed by atoms with Crippen molar-refractivity contribution in [3.05, 3.63) is 35.9 Å². The number of rotatable bonds is 1. The number of aliphatic hydroxyl groups is 1. The first kappa shape index (κ1) is 7.77. The van der Waals surface area contributed by atoms with Gasteiger partial charge in [0.15, 0.2) is 0 Å². The van der Waals surface area contributed by atoms with Crippen LogP contribution in [0.15, 0.2) is 30.3 Å². The molecule has 12 heavy (non-hydrogen) atoms. The first-order chi connectivity index (χ1) is 5.86. The van der Waals surface area contributed by atoms with Gasteiger partial charge < -0.3 is 9.84 Å². The molecule has 1 N–H and O–H groups in total. The van der Waals surface area contributed by atoms with Gasteiger partial charge in [-0.25, -0.2) is 0 Å². The molecule has 2 nitrogen and oxygen atoms in total. The van der Waals surface area contributed by atoms with Crippen molar-refractivity contribution in [2.75, 3.05) is 6.61 Å². The van der Waals surface area contributed by atoms with Crippen molar-refractivity contribution >= 4 is 0 Å². The number of ether oxygens (including phenoxy) is 1. The fraction of sp³-hybridized carbons (Fsp3) is 0.400. The number of hydrogen-bond acceptors (Lipinski definition) is 2. The van der Waals surface area contributed by atoms with Crippen molar-refractivity contribution in [1.29, 1.82) is 0 Å². The van der Waals surface area contributed by atoms with Crippen molar-refractivity contribution in [3.63, 3.8) is 0 Å². The molecule has 0 saturated carbocycles. The first-order valence-electron chi connectivity index (χ1n) is 4.21. The molecule has 64 valence electrons. The van der Waals surface area contributed by atoms with Gasteiger partial charge in [0, 0.05) is 6.42 Å². The van der Waals surface area contributed by atoms with Crippen LogP contribution in [0.25, 0.3) is 0 Å². The van der Waals surface area contributed by atoms with E-state index in [0.29, 0.717) is 6.61 Å². The Labute approximate surface area is 71.8 Å². The molecule has 1 aromatic carbocycles. The van der Waals surface area contributed by atoms with Gasteiger partial charge in [-0.05, 0) is 5.56 Å². The van der Waals surface area contributed by atoms with Gasteiger partial charge in [-0.15, -0.1) is 0 Å². The van der Waals surface area contributed by atoms with Crippen molar-refractivity contribution in [1.82, 2.24) is 0 Å². The molecule has 2 heteroatoms. The summed E-state index contributed by atoms with van der Waals surface area (Å²) in [5.74, 6) is 0. The summed E-state index contributed by atoms with van der Waals surface area (Å²) in [6.45, 7) is 0.472. The first-order valence-corrected chi connectivity index (χ1v) is 4.21. The molecule has 0 spiro atoms. The highest BCUT2D eigenvalue weighted by molar-refractivity contribution is 5.18.